The second-order valence-corrected chi connectivity index (χ2v) is 2.96. The highest BCUT2D eigenvalue weighted by Crippen LogP contribution is 2.09. The molecule has 13 heavy (non-hydrogen) atoms. The molecule has 1 aromatic carbocycles. The zero-order valence-corrected chi connectivity index (χ0v) is 7.69. The maximum absolute atomic E-state index is 12.6. The minimum Gasteiger partial charge on any atom is -0.207 e. The van der Waals surface area contributed by atoms with Gasteiger partial charge in [0, 0.05) is 11.9 Å². The molecule has 0 N–H and O–H groups in total. The summed E-state index contributed by atoms with van der Waals surface area (Å²) in [6.45, 7) is 0. The Kier molecular flexibility index (Phi) is 3.90. The van der Waals surface area contributed by atoms with Gasteiger partial charge in [0.25, 0.3) is 0 Å². The van der Waals surface area contributed by atoms with Crippen molar-refractivity contribution in [3.05, 3.63) is 41.5 Å². The second-order valence-electron chi connectivity index (χ2n) is 2.58. The summed E-state index contributed by atoms with van der Waals surface area (Å²) in [5.74, 6) is -0.620. The molecule has 0 aromatic heterocycles. The molecule has 0 heterocycles. The van der Waals surface area contributed by atoms with Crippen LogP contribution in [0.4, 0.5) is 8.78 Å². The Bertz CT molecular complexity index is 288. The molecule has 70 valence electrons. The van der Waals surface area contributed by atoms with Gasteiger partial charge in [-0.3, -0.25) is 0 Å². The maximum Gasteiger partial charge on any atom is 0.126 e. The van der Waals surface area contributed by atoms with E-state index in [0.717, 1.165) is 6.07 Å². The molecular formula is C10H9ClF2. The molecule has 0 nitrogen and oxygen atoms in total. The first kappa shape index (κ1) is 10.2. The van der Waals surface area contributed by atoms with E-state index >= 15 is 0 Å². The SMILES string of the molecule is Fc1cc(F)cc(C=CCCCl)c1. The zero-order valence-electron chi connectivity index (χ0n) is 6.93. The van der Waals surface area contributed by atoms with Gasteiger partial charge in [-0.15, -0.1) is 11.6 Å². The first-order chi connectivity index (χ1) is 6.22. The molecule has 3 heteroatoms. The van der Waals surface area contributed by atoms with Crippen LogP contribution in [0.2, 0.25) is 0 Å². The van der Waals surface area contributed by atoms with Crippen LogP contribution in [0.1, 0.15) is 12.0 Å². The molecular weight excluding hydrogens is 194 g/mol. The van der Waals surface area contributed by atoms with Crippen molar-refractivity contribution in [2.24, 2.45) is 0 Å². The number of hydrogen-bond donors (Lipinski definition) is 0. The zero-order chi connectivity index (χ0) is 9.68. The van der Waals surface area contributed by atoms with Crippen LogP contribution in [-0.2, 0) is 0 Å². The van der Waals surface area contributed by atoms with Crippen molar-refractivity contribution in [3.63, 3.8) is 0 Å². The molecule has 0 saturated heterocycles. The van der Waals surface area contributed by atoms with Crippen LogP contribution in [0.15, 0.2) is 24.3 Å². The molecule has 0 saturated carbocycles. The smallest absolute Gasteiger partial charge is 0.126 e. The van der Waals surface area contributed by atoms with E-state index in [1.807, 2.05) is 0 Å². The highest BCUT2D eigenvalue weighted by atomic mass is 35.5. The fraction of sp³-hybridized carbons (Fsp3) is 0.200. The van der Waals surface area contributed by atoms with Gasteiger partial charge in [0.2, 0.25) is 0 Å². The highest BCUT2D eigenvalue weighted by molar-refractivity contribution is 6.17. The number of rotatable bonds is 3. The van der Waals surface area contributed by atoms with Crippen LogP contribution in [0.25, 0.3) is 6.08 Å². The van der Waals surface area contributed by atoms with Gasteiger partial charge in [-0.05, 0) is 24.1 Å². The summed E-state index contributed by atoms with van der Waals surface area (Å²) >= 11 is 5.43. The van der Waals surface area contributed by atoms with Crippen molar-refractivity contribution in [1.29, 1.82) is 0 Å². The minimum absolute atomic E-state index is 0.508. The summed E-state index contributed by atoms with van der Waals surface area (Å²) in [7, 11) is 0. The average Bonchev–Trinajstić information content (AvgIpc) is 2.03. The lowest BCUT2D eigenvalue weighted by Crippen LogP contribution is -1.81. The summed E-state index contributed by atoms with van der Waals surface area (Å²) in [4.78, 5) is 0. The molecule has 0 amide bonds. The number of halogens is 3. The van der Waals surface area contributed by atoms with Gasteiger partial charge >= 0.3 is 0 Å². The molecule has 0 aliphatic rings. The van der Waals surface area contributed by atoms with Crippen LogP contribution < -0.4 is 0 Å². The standard InChI is InChI=1S/C10H9ClF2/c11-4-2-1-3-8-5-9(12)7-10(13)6-8/h1,3,5-7H,2,4H2. The molecule has 0 atom stereocenters. The average molecular weight is 203 g/mol. The molecule has 0 spiro atoms. The quantitative estimate of drug-likeness (QED) is 0.657. The predicted octanol–water partition coefficient (Wildman–Crippen LogP) is 3.61. The van der Waals surface area contributed by atoms with Crippen LogP contribution in [0, 0.1) is 11.6 Å². The summed E-state index contributed by atoms with van der Waals surface area (Å²) in [6, 6.07) is 3.39. The largest absolute Gasteiger partial charge is 0.207 e. The van der Waals surface area contributed by atoms with Crippen LogP contribution >= 0.6 is 11.6 Å². The summed E-state index contributed by atoms with van der Waals surface area (Å²) in [5.41, 5.74) is 0.516. The fourth-order valence-corrected chi connectivity index (χ4v) is 1.08. The molecule has 0 aliphatic carbocycles. The normalized spacial score (nSPS) is 11.0. The maximum atomic E-state index is 12.6. The van der Waals surface area contributed by atoms with Crippen molar-refractivity contribution in [3.8, 4) is 0 Å². The molecule has 1 aromatic rings. The van der Waals surface area contributed by atoms with Gasteiger partial charge in [0.05, 0.1) is 0 Å². The summed E-state index contributed by atoms with van der Waals surface area (Å²) < 4.78 is 25.3. The topological polar surface area (TPSA) is 0 Å². The van der Waals surface area contributed by atoms with Gasteiger partial charge in [-0.1, -0.05) is 12.2 Å². The van der Waals surface area contributed by atoms with Crippen LogP contribution in [-0.4, -0.2) is 5.88 Å². The Balaban J connectivity index is 2.77. The lowest BCUT2D eigenvalue weighted by molar-refractivity contribution is 0.583. The van der Waals surface area contributed by atoms with Crippen molar-refractivity contribution in [2.45, 2.75) is 6.42 Å². The van der Waals surface area contributed by atoms with Crippen molar-refractivity contribution in [1.82, 2.24) is 0 Å². The Morgan fingerprint density at radius 1 is 1.15 bits per heavy atom. The van der Waals surface area contributed by atoms with Crippen molar-refractivity contribution in [2.75, 3.05) is 5.88 Å². The number of benzene rings is 1. The third kappa shape index (κ3) is 3.55. The number of hydrogen-bond acceptors (Lipinski definition) is 0. The fourth-order valence-electron chi connectivity index (χ4n) is 0.954. The van der Waals surface area contributed by atoms with Crippen LogP contribution in [0.3, 0.4) is 0 Å². The number of allylic oxidation sites excluding steroid dienone is 1. The van der Waals surface area contributed by atoms with Gasteiger partial charge in [-0.25, -0.2) is 8.78 Å². The van der Waals surface area contributed by atoms with Gasteiger partial charge in [0.15, 0.2) is 0 Å². The first-order valence-electron chi connectivity index (χ1n) is 3.91. The highest BCUT2D eigenvalue weighted by Gasteiger charge is 1.96. The molecule has 0 radical (unpaired) electrons. The molecule has 0 aliphatic heterocycles. The number of alkyl halides is 1. The Labute approximate surface area is 80.8 Å². The summed E-state index contributed by atoms with van der Waals surface area (Å²) in [6.07, 6.45) is 4.12. The molecule has 1 rings (SSSR count). The van der Waals surface area contributed by atoms with Crippen molar-refractivity contribution >= 4 is 17.7 Å². The predicted molar refractivity (Wildman–Crippen MR) is 50.7 cm³/mol. The third-order valence-electron chi connectivity index (χ3n) is 1.47. The molecule has 0 bridgehead atoms. The van der Waals surface area contributed by atoms with E-state index in [-0.39, 0.29) is 0 Å². The van der Waals surface area contributed by atoms with E-state index in [9.17, 15) is 8.78 Å². The third-order valence-corrected chi connectivity index (χ3v) is 1.69. The Hall–Kier alpha value is -0.890. The van der Waals surface area contributed by atoms with Crippen molar-refractivity contribution < 1.29 is 8.78 Å². The van der Waals surface area contributed by atoms with Gasteiger partial charge in [-0.2, -0.15) is 0 Å². The van der Waals surface area contributed by atoms with E-state index < -0.39 is 11.6 Å². The monoisotopic (exact) mass is 202 g/mol. The lowest BCUT2D eigenvalue weighted by atomic mass is 10.2. The van der Waals surface area contributed by atoms with Gasteiger partial charge in [0.1, 0.15) is 11.6 Å². The van der Waals surface area contributed by atoms with Crippen LogP contribution in [0.5, 0.6) is 0 Å². The second kappa shape index (κ2) is 4.97. The van der Waals surface area contributed by atoms with E-state index in [1.54, 1.807) is 12.2 Å². The summed E-state index contributed by atoms with van der Waals surface area (Å²) in [5, 5.41) is 0. The van der Waals surface area contributed by atoms with E-state index in [1.165, 1.54) is 12.1 Å². The molecule has 0 unspecified atom stereocenters. The first-order valence-corrected chi connectivity index (χ1v) is 4.44. The Morgan fingerprint density at radius 3 is 2.31 bits per heavy atom. The Morgan fingerprint density at radius 2 is 1.77 bits per heavy atom. The molecule has 0 fully saturated rings. The van der Waals surface area contributed by atoms with E-state index in [4.69, 9.17) is 11.6 Å². The van der Waals surface area contributed by atoms with E-state index in [0.29, 0.717) is 17.9 Å². The van der Waals surface area contributed by atoms with Gasteiger partial charge < -0.3 is 0 Å². The minimum atomic E-state index is -0.564. The lowest BCUT2D eigenvalue weighted by Gasteiger charge is -1.94. The van der Waals surface area contributed by atoms with E-state index in [2.05, 4.69) is 0 Å².